The third-order valence-corrected chi connectivity index (χ3v) is 9.33. The van der Waals surface area contributed by atoms with Crippen molar-refractivity contribution in [2.45, 2.75) is 52.2 Å². The quantitative estimate of drug-likeness (QED) is 0.0758. The Morgan fingerprint density at radius 2 is 1.50 bits per heavy atom. The van der Waals surface area contributed by atoms with Gasteiger partial charge in [0.2, 0.25) is 5.91 Å². The second kappa shape index (κ2) is 22.5. The number of benzene rings is 5. The minimum absolute atomic E-state index is 0.0205. The zero-order chi connectivity index (χ0) is 40.3. The van der Waals surface area contributed by atoms with E-state index >= 15 is 0 Å². The van der Waals surface area contributed by atoms with Gasteiger partial charge in [0.1, 0.15) is 18.2 Å². The Hall–Kier alpha value is -5.83. The van der Waals surface area contributed by atoms with Gasteiger partial charge in [-0.15, -0.1) is 0 Å². The van der Waals surface area contributed by atoms with E-state index in [0.29, 0.717) is 24.4 Å². The van der Waals surface area contributed by atoms with Crippen LogP contribution in [0.25, 0.3) is 23.3 Å². The number of halogens is 2. The van der Waals surface area contributed by atoms with Crippen LogP contribution in [0.15, 0.2) is 133 Å². The van der Waals surface area contributed by atoms with Gasteiger partial charge in [0.05, 0.1) is 11.6 Å². The van der Waals surface area contributed by atoms with Crippen molar-refractivity contribution in [1.29, 1.82) is 0 Å². The van der Waals surface area contributed by atoms with Crippen LogP contribution in [0, 0.1) is 11.6 Å². The number of hydrogen-bond donors (Lipinski definition) is 2. The third-order valence-electron chi connectivity index (χ3n) is 9.33. The van der Waals surface area contributed by atoms with Crippen molar-refractivity contribution < 1.29 is 28.5 Å². The summed E-state index contributed by atoms with van der Waals surface area (Å²) in [5, 5.41) is 5.34. The maximum atomic E-state index is 13.5. The van der Waals surface area contributed by atoms with Gasteiger partial charge >= 0.3 is 0 Å². The zero-order valence-corrected chi connectivity index (χ0v) is 32.6. The Bertz CT molecular complexity index is 2080. The number of allylic oxidation sites excluding steroid dienone is 1. The van der Waals surface area contributed by atoms with Crippen molar-refractivity contribution in [3.8, 4) is 11.1 Å². The molecule has 1 amide bonds. The summed E-state index contributed by atoms with van der Waals surface area (Å²) >= 11 is 0. The van der Waals surface area contributed by atoms with E-state index in [1.54, 1.807) is 18.2 Å². The van der Waals surface area contributed by atoms with Gasteiger partial charge in [-0.1, -0.05) is 115 Å². The Balaban J connectivity index is 0.000000188. The lowest BCUT2D eigenvalue weighted by molar-refractivity contribution is -0.698. The van der Waals surface area contributed by atoms with Gasteiger partial charge in [-0.05, 0) is 87.7 Å². The maximum Gasteiger partial charge on any atom is 0.244 e. The molecule has 0 unspecified atom stereocenters. The van der Waals surface area contributed by atoms with Crippen LogP contribution in [-0.4, -0.2) is 55.1 Å². The summed E-state index contributed by atoms with van der Waals surface area (Å²) in [6.07, 6.45) is 10.5. The van der Waals surface area contributed by atoms with Crippen LogP contribution in [-0.2, 0) is 11.3 Å². The topological polar surface area (TPSA) is 83.1 Å². The number of quaternary nitrogens is 1. The summed E-state index contributed by atoms with van der Waals surface area (Å²) in [5.74, 6) is -2.36. The molecule has 5 aromatic rings. The maximum absolute atomic E-state index is 13.5. The molecule has 3 N–H and O–H groups in total. The molecule has 1 aliphatic rings. The van der Waals surface area contributed by atoms with E-state index in [9.17, 15) is 23.2 Å². The number of nitrogens with one attached hydrogen (secondary N) is 1. The fourth-order valence-corrected chi connectivity index (χ4v) is 6.18. The van der Waals surface area contributed by atoms with Crippen molar-refractivity contribution in [2.75, 3.05) is 20.1 Å². The lowest BCUT2D eigenvalue weighted by Gasteiger charge is -2.19. The van der Waals surface area contributed by atoms with Crippen molar-refractivity contribution >= 4 is 30.1 Å². The van der Waals surface area contributed by atoms with E-state index in [4.69, 9.17) is 0 Å². The third kappa shape index (κ3) is 13.5. The summed E-state index contributed by atoms with van der Waals surface area (Å²) in [5.41, 5.74) is 6.28. The highest BCUT2D eigenvalue weighted by molar-refractivity contribution is 6.12. The van der Waals surface area contributed by atoms with E-state index in [2.05, 4.69) is 97.1 Å². The molecule has 1 aliphatic heterocycles. The summed E-state index contributed by atoms with van der Waals surface area (Å²) in [4.78, 5) is 37.0. The van der Waals surface area contributed by atoms with Gasteiger partial charge in [0.15, 0.2) is 12.1 Å². The molecule has 0 aliphatic carbocycles. The van der Waals surface area contributed by atoms with Gasteiger partial charge in [-0.25, -0.2) is 8.78 Å². The van der Waals surface area contributed by atoms with Gasteiger partial charge in [-0.2, -0.15) is 0 Å². The number of carbonyl (C=O) groups excluding carboxylic acids is 3. The number of nitrogens with zero attached hydrogens (tertiary/aromatic N) is 1. The molecule has 0 saturated carbocycles. The molecule has 1 heterocycles. The Morgan fingerprint density at radius 3 is 2.14 bits per heavy atom. The largest absolute Gasteiger partial charge is 0.351 e. The molecule has 6 rings (SSSR count). The van der Waals surface area contributed by atoms with E-state index < -0.39 is 17.4 Å². The van der Waals surface area contributed by atoms with E-state index in [1.165, 1.54) is 47.2 Å². The highest BCUT2D eigenvalue weighted by Crippen LogP contribution is 2.23. The van der Waals surface area contributed by atoms with E-state index in [0.717, 1.165) is 37.3 Å². The molecular weight excluding hydrogens is 705 g/mol. The SMILES string of the molecule is C/C=C\c1ccc(/C=C/C(=O)NC[C@@H]2CCCN2C)cc1.CC(C)[NH2+]Cc1ccccc1-c1ccccc1.O=Cc1ccccc1C(=O)c1ccc(F)cc1F. The van der Waals surface area contributed by atoms with Crippen LogP contribution in [0.4, 0.5) is 8.78 Å². The van der Waals surface area contributed by atoms with Crippen LogP contribution in [0.5, 0.6) is 0 Å². The highest BCUT2D eigenvalue weighted by atomic mass is 19.1. The Morgan fingerprint density at radius 1 is 0.839 bits per heavy atom. The molecule has 5 aromatic carbocycles. The minimum Gasteiger partial charge on any atom is -0.351 e. The minimum atomic E-state index is -0.944. The van der Waals surface area contributed by atoms with Crippen molar-refractivity contribution in [3.05, 3.63) is 178 Å². The second-order valence-corrected chi connectivity index (χ2v) is 13.9. The lowest BCUT2D eigenvalue weighted by atomic mass is 9.98. The predicted molar refractivity (Wildman–Crippen MR) is 223 cm³/mol. The molecule has 0 aromatic heterocycles. The number of aldehydes is 1. The van der Waals surface area contributed by atoms with Crippen molar-refractivity contribution in [2.24, 2.45) is 0 Å². The number of rotatable bonds is 12. The number of ketones is 1. The molecule has 6 nitrogen and oxygen atoms in total. The van der Waals surface area contributed by atoms with Crippen molar-refractivity contribution in [1.82, 2.24) is 10.2 Å². The first-order valence-electron chi connectivity index (χ1n) is 19.0. The number of likely N-dealkylation sites (tertiary alicyclic amines) is 1. The molecule has 0 bridgehead atoms. The summed E-state index contributed by atoms with van der Waals surface area (Å²) in [6.45, 7) is 9.37. The molecule has 1 atom stereocenters. The summed E-state index contributed by atoms with van der Waals surface area (Å²) < 4.78 is 26.2. The average Bonchev–Trinajstić information content (AvgIpc) is 3.64. The van der Waals surface area contributed by atoms with Crippen LogP contribution in [0.3, 0.4) is 0 Å². The highest BCUT2D eigenvalue weighted by Gasteiger charge is 2.20. The Labute approximate surface area is 330 Å². The second-order valence-electron chi connectivity index (χ2n) is 13.9. The van der Waals surface area contributed by atoms with Gasteiger partial charge in [-0.3, -0.25) is 14.4 Å². The van der Waals surface area contributed by atoms with Gasteiger partial charge in [0.25, 0.3) is 0 Å². The number of hydrogen-bond acceptors (Lipinski definition) is 4. The lowest BCUT2D eigenvalue weighted by Crippen LogP contribution is -2.86. The number of carbonyl (C=O) groups is 3. The normalized spacial score (nSPS) is 13.9. The standard InChI is InChI=1S/C18H24N2O.C16H19N.C14H8F2O2/c1-3-5-15-7-9-16(10-8-15)11-12-18(21)19-14-17-6-4-13-20(17)2;1-13(2)17-12-15-10-6-7-11-16(15)14-8-4-3-5-9-14;15-10-5-6-12(13(16)7-10)14(18)11-4-2-1-3-9(11)8-17/h3,5,7-12,17H,4,6,13-14H2,1-2H3,(H,19,21);3-11,13,17H,12H2,1-2H3;1-8H/p+1/b5-3-,12-11+;;/t17-;;/m0../s1. The average molecular weight is 757 g/mol. The number of amides is 1. The fourth-order valence-electron chi connectivity index (χ4n) is 6.18. The molecule has 56 heavy (non-hydrogen) atoms. The summed E-state index contributed by atoms with van der Waals surface area (Å²) in [7, 11) is 2.12. The smallest absolute Gasteiger partial charge is 0.244 e. The molecule has 290 valence electrons. The number of likely N-dealkylation sites (N-methyl/N-ethyl adjacent to an activating group) is 1. The van der Waals surface area contributed by atoms with Crippen LogP contribution in [0.1, 0.15) is 76.6 Å². The summed E-state index contributed by atoms with van der Waals surface area (Å²) in [6, 6.07) is 37.3. The molecule has 1 fully saturated rings. The van der Waals surface area contributed by atoms with Crippen LogP contribution in [0.2, 0.25) is 0 Å². The molecule has 1 saturated heterocycles. The zero-order valence-electron chi connectivity index (χ0n) is 32.6. The fraction of sp³-hybridized carbons (Fsp3) is 0.229. The van der Waals surface area contributed by atoms with Crippen molar-refractivity contribution in [3.63, 3.8) is 0 Å². The first-order chi connectivity index (χ1) is 27.1. The number of nitrogens with two attached hydrogens (primary N) is 1. The van der Waals surface area contributed by atoms with Gasteiger partial charge in [0, 0.05) is 41.4 Å². The Kier molecular flexibility index (Phi) is 17.3. The van der Waals surface area contributed by atoms with E-state index in [1.807, 2.05) is 43.3 Å². The molecular formula is C48H52F2N3O3+. The monoisotopic (exact) mass is 756 g/mol. The van der Waals surface area contributed by atoms with Crippen LogP contribution < -0.4 is 10.6 Å². The molecule has 8 heteroatoms. The predicted octanol–water partition coefficient (Wildman–Crippen LogP) is 8.78. The molecule has 0 radical (unpaired) electrons. The van der Waals surface area contributed by atoms with E-state index in [-0.39, 0.29) is 22.6 Å². The molecule has 0 spiro atoms. The van der Waals surface area contributed by atoms with Gasteiger partial charge < -0.3 is 15.5 Å². The first-order valence-corrected chi connectivity index (χ1v) is 19.0. The van der Waals surface area contributed by atoms with Crippen LogP contribution >= 0.6 is 0 Å². The first kappa shape index (κ1) is 42.9.